The lowest BCUT2D eigenvalue weighted by Gasteiger charge is -2.43. The van der Waals surface area contributed by atoms with Gasteiger partial charge in [-0.25, -0.2) is 5.43 Å². The average Bonchev–Trinajstić information content (AvgIpc) is 4.20. The predicted molar refractivity (Wildman–Crippen MR) is 230 cm³/mol. The maximum absolute atomic E-state index is 14.3. The van der Waals surface area contributed by atoms with Crippen LogP contribution in [0.15, 0.2) is 30.5 Å². The average molecular weight is 821 g/mol. The molecule has 60 heavy (non-hydrogen) atoms. The number of amides is 2. The van der Waals surface area contributed by atoms with Gasteiger partial charge in [-0.1, -0.05) is 33.8 Å². The number of hydrogen-bond acceptors (Lipinski definition) is 10. The van der Waals surface area contributed by atoms with Crippen LogP contribution in [0, 0.1) is 23.2 Å². The number of pyridine rings is 1. The van der Waals surface area contributed by atoms with Gasteiger partial charge in [-0.05, 0) is 87.2 Å². The molecule has 3 aliphatic heterocycles. The minimum Gasteiger partial charge on any atom is -0.464 e. The Morgan fingerprint density at radius 1 is 1.05 bits per heavy atom. The maximum atomic E-state index is 14.3. The number of aryl methyl sites for hydroxylation is 1. The maximum Gasteiger partial charge on any atom is 0.324 e. The van der Waals surface area contributed by atoms with E-state index in [9.17, 15) is 14.4 Å². The Morgan fingerprint density at radius 3 is 2.52 bits per heavy atom. The molecule has 7 aliphatic rings. The van der Waals surface area contributed by atoms with E-state index in [1.54, 1.807) is 12.1 Å². The Kier molecular flexibility index (Phi) is 10.1. The number of carbonyl (C=O) groups excluding carboxylic acids is 3. The molecule has 13 heteroatoms. The number of fused-ring (bicyclic) bond motifs is 7. The van der Waals surface area contributed by atoms with Crippen molar-refractivity contribution in [1.82, 2.24) is 35.1 Å². The number of nitrogens with one attached hydrogen (secondary N) is 2. The summed E-state index contributed by atoms with van der Waals surface area (Å²) in [7, 11) is 3.86. The first kappa shape index (κ1) is 40.1. The van der Waals surface area contributed by atoms with Crippen molar-refractivity contribution in [2.45, 2.75) is 115 Å². The lowest BCUT2D eigenvalue weighted by molar-refractivity contribution is -0.156. The van der Waals surface area contributed by atoms with Crippen LogP contribution in [0.3, 0.4) is 0 Å². The molecule has 2 saturated heterocycles. The van der Waals surface area contributed by atoms with Crippen LogP contribution in [-0.4, -0.2) is 126 Å². The summed E-state index contributed by atoms with van der Waals surface area (Å²) in [5, 5.41) is 5.92. The lowest BCUT2D eigenvalue weighted by Crippen LogP contribution is -2.62. The number of methoxy groups -OCH3 is 1. The second-order valence-corrected chi connectivity index (χ2v) is 19.9. The predicted octanol–water partition coefficient (Wildman–Crippen LogP) is 5.05. The van der Waals surface area contributed by atoms with Crippen molar-refractivity contribution in [2.24, 2.45) is 23.2 Å². The quantitative estimate of drug-likeness (QED) is 0.327. The first-order valence-corrected chi connectivity index (χ1v) is 22.8. The number of cyclic esters (lactones) is 1. The zero-order chi connectivity index (χ0) is 41.8. The summed E-state index contributed by atoms with van der Waals surface area (Å²) in [6.45, 7) is 16.7. The molecule has 5 heterocycles. The number of ether oxygens (including phenoxy) is 2. The molecule has 5 fully saturated rings. The minimum atomic E-state index is -0.746. The molecule has 2 aromatic heterocycles. The van der Waals surface area contributed by atoms with Crippen LogP contribution >= 0.6 is 0 Å². The number of carbonyl (C=O) groups is 3. The second kappa shape index (κ2) is 15.1. The molecule has 0 radical (unpaired) electrons. The highest BCUT2D eigenvalue weighted by Crippen LogP contribution is 2.58. The molecule has 2 amide bonds. The molecule has 0 spiro atoms. The summed E-state index contributed by atoms with van der Waals surface area (Å²) >= 11 is 0. The van der Waals surface area contributed by atoms with E-state index in [4.69, 9.17) is 14.5 Å². The number of benzene rings is 1. The third-order valence-electron chi connectivity index (χ3n) is 15.6. The van der Waals surface area contributed by atoms with E-state index in [0.29, 0.717) is 37.8 Å². The standard InChI is InChI=1S/C47H64N8O5/c1-8-54-36-14-11-28-20-32(36)39-40(43(59-7)41-33(42(39)54)21-30(23-48-41)53-18-16-52(17-19-53)29-12-13-29)47(4,5)25-60-46(58)34-10-9-15-55(50-34)45(57)35(24-51(6)37-22-31(28)37)49-44(56)38-26(2)27(38)3/h11,14,20-21,23,26-27,29,31,34-35,37-38,40,43,50H,8-10,12-13,15-19,22,24-25H2,1-7H3,(H,49,56)/t26-,27+,31-,34-,35-,37+,38?,40?,43-/m0/s1. The molecular weight excluding hydrogens is 757 g/mol. The van der Waals surface area contributed by atoms with Crippen molar-refractivity contribution in [1.29, 1.82) is 0 Å². The van der Waals surface area contributed by atoms with E-state index < -0.39 is 17.5 Å². The highest BCUT2D eigenvalue weighted by molar-refractivity contribution is 5.95. The fraction of sp³-hybridized carbons (Fsp3) is 0.660. The molecule has 2 unspecified atom stereocenters. The van der Waals surface area contributed by atoms with Crippen LogP contribution in [0.25, 0.3) is 22.2 Å². The molecule has 322 valence electrons. The molecule has 9 atom stereocenters. The zero-order valence-corrected chi connectivity index (χ0v) is 36.6. The fourth-order valence-corrected chi connectivity index (χ4v) is 11.6. The number of likely N-dealkylation sites (N-methyl/N-ethyl adjacent to an activating group) is 1. The SMILES string of the molecule is CCn1c2c3c4cc(ccc41)[C@@H]1C[C@H]1N(C)C[C@H](NC(=O)C1[C@@H](C)[C@H]1C)C(=O)N1CCC[C@H](N1)C(=O)OCC(C)(C)C3[C@H](OC)c1ncc(N3CCN(C4CC4)CC3)cc1-2. The zero-order valence-electron chi connectivity index (χ0n) is 36.6. The van der Waals surface area contributed by atoms with Crippen molar-refractivity contribution in [3.8, 4) is 11.3 Å². The Labute approximate surface area is 354 Å². The van der Waals surface area contributed by atoms with Gasteiger partial charge in [0.15, 0.2) is 0 Å². The Hall–Kier alpha value is -4.04. The van der Waals surface area contributed by atoms with Crippen molar-refractivity contribution in [3.05, 3.63) is 47.3 Å². The van der Waals surface area contributed by atoms with E-state index in [0.717, 1.165) is 62.1 Å². The minimum absolute atomic E-state index is 0.0638. The smallest absolute Gasteiger partial charge is 0.324 e. The third-order valence-corrected chi connectivity index (χ3v) is 15.6. The summed E-state index contributed by atoms with van der Waals surface area (Å²) in [4.78, 5) is 54.5. The van der Waals surface area contributed by atoms with Gasteiger partial charge in [0, 0.05) is 105 Å². The molecule has 3 aromatic rings. The third kappa shape index (κ3) is 6.82. The molecule has 4 bridgehead atoms. The Morgan fingerprint density at radius 2 is 1.82 bits per heavy atom. The van der Waals surface area contributed by atoms with Crippen LogP contribution < -0.4 is 15.6 Å². The molecule has 1 aromatic carbocycles. The van der Waals surface area contributed by atoms with Crippen molar-refractivity contribution in [3.63, 3.8) is 0 Å². The van der Waals surface area contributed by atoms with Crippen molar-refractivity contribution in [2.75, 3.05) is 64.9 Å². The van der Waals surface area contributed by atoms with Gasteiger partial charge >= 0.3 is 5.97 Å². The van der Waals surface area contributed by atoms with Gasteiger partial charge in [0.25, 0.3) is 5.91 Å². The number of aromatic nitrogens is 2. The van der Waals surface area contributed by atoms with Crippen LogP contribution in [-0.2, 0) is 30.4 Å². The monoisotopic (exact) mass is 820 g/mol. The van der Waals surface area contributed by atoms with Gasteiger partial charge in [-0.3, -0.25) is 29.3 Å². The van der Waals surface area contributed by atoms with E-state index in [-0.39, 0.29) is 54.3 Å². The summed E-state index contributed by atoms with van der Waals surface area (Å²) in [6.07, 6.45) is 6.50. The van der Waals surface area contributed by atoms with Crippen LogP contribution in [0.1, 0.15) is 101 Å². The number of nitrogens with zero attached hydrogens (tertiary/aromatic N) is 6. The highest BCUT2D eigenvalue weighted by Gasteiger charge is 2.51. The van der Waals surface area contributed by atoms with Crippen LogP contribution in [0.4, 0.5) is 5.69 Å². The van der Waals surface area contributed by atoms with E-state index in [1.165, 1.54) is 40.6 Å². The summed E-state index contributed by atoms with van der Waals surface area (Å²) in [5.41, 5.74) is 10.7. The first-order chi connectivity index (χ1) is 28.9. The normalized spacial score (nSPS) is 33.1. The van der Waals surface area contributed by atoms with Crippen molar-refractivity contribution >= 4 is 34.4 Å². The van der Waals surface area contributed by atoms with Gasteiger partial charge in [0.05, 0.1) is 29.9 Å². The van der Waals surface area contributed by atoms with E-state index >= 15 is 0 Å². The first-order valence-electron chi connectivity index (χ1n) is 22.8. The molecule has 2 N–H and O–H groups in total. The lowest BCUT2D eigenvalue weighted by atomic mass is 9.67. The Balaban J connectivity index is 1.05. The van der Waals surface area contributed by atoms with Gasteiger partial charge in [0.2, 0.25) is 5.91 Å². The topological polar surface area (TPSA) is 125 Å². The number of rotatable bonds is 6. The van der Waals surface area contributed by atoms with Gasteiger partial charge in [-0.2, -0.15) is 0 Å². The number of anilines is 1. The van der Waals surface area contributed by atoms with Gasteiger partial charge in [0.1, 0.15) is 18.2 Å². The van der Waals surface area contributed by atoms with Gasteiger partial charge in [-0.15, -0.1) is 0 Å². The van der Waals surface area contributed by atoms with E-state index in [2.05, 4.69) is 95.9 Å². The van der Waals surface area contributed by atoms with E-state index in [1.807, 2.05) is 6.20 Å². The number of esters is 1. The summed E-state index contributed by atoms with van der Waals surface area (Å²) in [6, 6.07) is 8.92. The molecule has 13 nitrogen and oxygen atoms in total. The summed E-state index contributed by atoms with van der Waals surface area (Å²) < 4.78 is 15.3. The van der Waals surface area contributed by atoms with Crippen LogP contribution in [0.5, 0.6) is 0 Å². The fourth-order valence-electron chi connectivity index (χ4n) is 11.6. The van der Waals surface area contributed by atoms with Crippen molar-refractivity contribution < 1.29 is 23.9 Å². The van der Waals surface area contributed by atoms with Gasteiger partial charge < -0.3 is 29.2 Å². The molecule has 3 saturated carbocycles. The molecule has 4 aliphatic carbocycles. The molecular formula is C47H64N8O5. The summed E-state index contributed by atoms with van der Waals surface area (Å²) in [5.74, 6) is -0.0518. The largest absolute Gasteiger partial charge is 0.464 e. The number of piperazine rings is 1. The number of hydrogen-bond donors (Lipinski definition) is 2. The second-order valence-electron chi connectivity index (χ2n) is 19.9. The Bertz CT molecular complexity index is 2180. The number of hydrazine groups is 1. The molecule has 10 rings (SSSR count). The highest BCUT2D eigenvalue weighted by atomic mass is 16.5. The van der Waals surface area contributed by atoms with Crippen LogP contribution in [0.2, 0.25) is 0 Å².